The molecule has 106 valence electrons. The monoisotopic (exact) mass is 302 g/mol. The average Bonchev–Trinajstić information content (AvgIpc) is 2.94. The van der Waals surface area contributed by atoms with Crippen molar-refractivity contribution in [1.29, 1.82) is 0 Å². The van der Waals surface area contributed by atoms with Crippen molar-refractivity contribution in [2.24, 2.45) is 5.92 Å². The number of rotatable bonds is 6. The smallest absolute Gasteiger partial charge is 0.260 e. The van der Waals surface area contributed by atoms with Crippen LogP contribution in [0.3, 0.4) is 0 Å². The van der Waals surface area contributed by atoms with Crippen molar-refractivity contribution in [2.45, 2.75) is 25.3 Å². The average molecular weight is 302 g/mol. The number of nitrogens with zero attached hydrogens (tertiary/aromatic N) is 2. The zero-order chi connectivity index (χ0) is 14.0. The molecule has 19 heavy (non-hydrogen) atoms. The molecule has 8 heteroatoms. The number of thiazole rings is 1. The van der Waals surface area contributed by atoms with Crippen LogP contribution in [0.1, 0.15) is 20.3 Å². The minimum atomic E-state index is -3.57. The van der Waals surface area contributed by atoms with E-state index in [-0.39, 0.29) is 5.03 Å². The van der Waals surface area contributed by atoms with E-state index in [1.807, 2.05) is 19.2 Å². The van der Waals surface area contributed by atoms with Crippen molar-refractivity contribution in [3.63, 3.8) is 0 Å². The normalized spacial score (nSPS) is 13.8. The molecule has 0 aliphatic rings. The van der Waals surface area contributed by atoms with Crippen LogP contribution >= 0.6 is 11.3 Å². The maximum Gasteiger partial charge on any atom is 0.260 e. The Bertz CT molecular complexity index is 659. The molecular formula is C11H18N4O2S2. The molecular weight excluding hydrogens is 284 g/mol. The predicted octanol–water partition coefficient (Wildman–Crippen LogP) is 1.76. The Kier molecular flexibility index (Phi) is 4.12. The van der Waals surface area contributed by atoms with Gasteiger partial charge in [0.05, 0.1) is 0 Å². The van der Waals surface area contributed by atoms with E-state index < -0.39 is 10.0 Å². The second-order valence-corrected chi connectivity index (χ2v) is 6.99. The maximum absolute atomic E-state index is 12.4. The lowest BCUT2D eigenvalue weighted by Crippen LogP contribution is -2.29. The molecule has 0 bridgehead atoms. The summed E-state index contributed by atoms with van der Waals surface area (Å²) in [4.78, 5) is 4.92. The van der Waals surface area contributed by atoms with Crippen LogP contribution in [0.4, 0.5) is 5.82 Å². The van der Waals surface area contributed by atoms with Crippen LogP contribution in [0.5, 0.6) is 0 Å². The first-order valence-electron chi connectivity index (χ1n) is 6.12. The third kappa shape index (κ3) is 2.75. The van der Waals surface area contributed by atoms with Crippen molar-refractivity contribution in [2.75, 3.05) is 18.9 Å². The summed E-state index contributed by atoms with van der Waals surface area (Å²) in [5.41, 5.74) is 0. The number of anilines is 1. The van der Waals surface area contributed by atoms with Gasteiger partial charge in [0, 0.05) is 25.2 Å². The van der Waals surface area contributed by atoms with Crippen LogP contribution in [0.25, 0.3) is 4.96 Å². The fourth-order valence-electron chi connectivity index (χ4n) is 1.65. The van der Waals surface area contributed by atoms with Crippen molar-refractivity contribution in [1.82, 2.24) is 14.1 Å². The largest absolute Gasteiger partial charge is 0.371 e. The highest BCUT2D eigenvalue weighted by atomic mass is 32.2. The van der Waals surface area contributed by atoms with Crippen LogP contribution in [0.2, 0.25) is 0 Å². The second kappa shape index (κ2) is 5.48. The summed E-state index contributed by atoms with van der Waals surface area (Å²) in [5.74, 6) is 0.683. The van der Waals surface area contributed by atoms with Crippen LogP contribution in [-0.2, 0) is 10.0 Å². The molecule has 2 N–H and O–H groups in total. The summed E-state index contributed by atoms with van der Waals surface area (Å²) in [5, 5.41) is 4.82. The van der Waals surface area contributed by atoms with Crippen molar-refractivity contribution in [3.8, 4) is 0 Å². The van der Waals surface area contributed by atoms with Gasteiger partial charge in [0.2, 0.25) is 0 Å². The van der Waals surface area contributed by atoms with Gasteiger partial charge in [-0.25, -0.2) is 18.1 Å². The first-order valence-corrected chi connectivity index (χ1v) is 8.48. The van der Waals surface area contributed by atoms with Gasteiger partial charge in [-0.3, -0.25) is 4.40 Å². The van der Waals surface area contributed by atoms with Gasteiger partial charge in [-0.15, -0.1) is 11.3 Å². The highest BCUT2D eigenvalue weighted by Gasteiger charge is 2.25. The summed E-state index contributed by atoms with van der Waals surface area (Å²) < 4.78 is 29.0. The van der Waals surface area contributed by atoms with E-state index in [0.717, 1.165) is 6.42 Å². The third-order valence-electron chi connectivity index (χ3n) is 3.03. The third-order valence-corrected chi connectivity index (χ3v) is 5.23. The second-order valence-electron chi connectivity index (χ2n) is 4.44. The lowest BCUT2D eigenvalue weighted by Gasteiger charge is -2.11. The van der Waals surface area contributed by atoms with Crippen LogP contribution < -0.4 is 10.0 Å². The number of fused-ring (bicyclic) bond motifs is 1. The van der Waals surface area contributed by atoms with Crippen LogP contribution in [0.15, 0.2) is 16.6 Å². The fraction of sp³-hybridized carbons (Fsp3) is 0.545. The van der Waals surface area contributed by atoms with E-state index in [9.17, 15) is 8.42 Å². The Morgan fingerprint density at radius 2 is 2.26 bits per heavy atom. The molecule has 0 fully saturated rings. The van der Waals surface area contributed by atoms with E-state index in [0.29, 0.717) is 23.2 Å². The topological polar surface area (TPSA) is 75.5 Å². The molecule has 2 aromatic heterocycles. The first-order chi connectivity index (χ1) is 8.99. The number of hydrogen-bond acceptors (Lipinski definition) is 5. The molecule has 1 atom stereocenters. The Balaban J connectivity index is 2.38. The van der Waals surface area contributed by atoms with Gasteiger partial charge in [0.25, 0.3) is 10.0 Å². The molecule has 2 aromatic rings. The van der Waals surface area contributed by atoms with Gasteiger partial charge in [0.1, 0.15) is 0 Å². The molecule has 0 aliphatic heterocycles. The zero-order valence-corrected chi connectivity index (χ0v) is 12.8. The summed E-state index contributed by atoms with van der Waals surface area (Å²) >= 11 is 1.40. The van der Waals surface area contributed by atoms with Crippen LogP contribution in [-0.4, -0.2) is 31.4 Å². The molecule has 0 aliphatic carbocycles. The van der Waals surface area contributed by atoms with E-state index in [2.05, 4.69) is 15.0 Å². The van der Waals surface area contributed by atoms with Gasteiger partial charge in [-0.1, -0.05) is 20.3 Å². The number of sulfonamides is 1. The summed E-state index contributed by atoms with van der Waals surface area (Å²) in [6.45, 7) is 4.48. The van der Waals surface area contributed by atoms with Gasteiger partial charge in [-0.2, -0.15) is 0 Å². The molecule has 0 spiro atoms. The molecule has 1 unspecified atom stereocenters. The summed E-state index contributed by atoms with van der Waals surface area (Å²) in [6, 6.07) is 0. The fourth-order valence-corrected chi connectivity index (χ4v) is 3.87. The van der Waals surface area contributed by atoms with Gasteiger partial charge >= 0.3 is 0 Å². The Hall–Kier alpha value is -1.12. The number of imidazole rings is 1. The van der Waals surface area contributed by atoms with Crippen LogP contribution in [0, 0.1) is 5.92 Å². The summed E-state index contributed by atoms with van der Waals surface area (Å²) in [7, 11) is -1.90. The highest BCUT2D eigenvalue weighted by molar-refractivity contribution is 7.89. The molecule has 0 amide bonds. The molecule has 0 saturated carbocycles. The number of aromatic nitrogens is 2. The maximum atomic E-state index is 12.4. The Labute approximate surface area is 116 Å². The van der Waals surface area contributed by atoms with E-state index >= 15 is 0 Å². The number of nitrogens with one attached hydrogen (secondary N) is 2. The highest BCUT2D eigenvalue weighted by Crippen LogP contribution is 2.25. The van der Waals surface area contributed by atoms with Gasteiger partial charge in [-0.05, 0) is 5.92 Å². The molecule has 0 radical (unpaired) electrons. The lowest BCUT2D eigenvalue weighted by atomic mass is 10.1. The first kappa shape index (κ1) is 14.3. The minimum Gasteiger partial charge on any atom is -0.371 e. The minimum absolute atomic E-state index is 0.176. The van der Waals surface area contributed by atoms with E-state index in [1.165, 1.54) is 11.3 Å². The molecule has 6 nitrogen and oxygen atoms in total. The molecule has 0 saturated heterocycles. The SMILES string of the molecule is CCC(C)CNS(=O)(=O)c1c(NC)nc2sccn12. The van der Waals surface area contributed by atoms with Gasteiger partial charge < -0.3 is 5.32 Å². The molecule has 0 aromatic carbocycles. The van der Waals surface area contributed by atoms with Gasteiger partial charge in [0.15, 0.2) is 15.8 Å². The lowest BCUT2D eigenvalue weighted by molar-refractivity contribution is 0.526. The standard InChI is InChI=1S/C11H18N4O2S2/c1-4-8(2)7-13-19(16,17)10-9(12-3)14-11-15(10)5-6-18-11/h5-6,8,12-13H,4,7H2,1-3H3. The predicted molar refractivity (Wildman–Crippen MR) is 77.3 cm³/mol. The quantitative estimate of drug-likeness (QED) is 0.852. The zero-order valence-electron chi connectivity index (χ0n) is 11.2. The van der Waals surface area contributed by atoms with Crippen molar-refractivity contribution < 1.29 is 8.42 Å². The van der Waals surface area contributed by atoms with E-state index in [4.69, 9.17) is 0 Å². The molecule has 2 heterocycles. The van der Waals surface area contributed by atoms with Crippen molar-refractivity contribution in [3.05, 3.63) is 11.6 Å². The Morgan fingerprint density at radius 1 is 1.53 bits per heavy atom. The molecule has 2 rings (SSSR count). The van der Waals surface area contributed by atoms with E-state index in [1.54, 1.807) is 17.6 Å². The van der Waals surface area contributed by atoms with Crippen molar-refractivity contribution >= 4 is 32.1 Å². The summed E-state index contributed by atoms with van der Waals surface area (Å²) in [6.07, 6.45) is 2.65. The Morgan fingerprint density at radius 3 is 2.89 bits per heavy atom. The number of hydrogen-bond donors (Lipinski definition) is 2.